The van der Waals surface area contributed by atoms with Gasteiger partial charge in [-0.3, -0.25) is 10.0 Å². The van der Waals surface area contributed by atoms with Gasteiger partial charge in [0.2, 0.25) is 0 Å². The van der Waals surface area contributed by atoms with Gasteiger partial charge in [0.1, 0.15) is 0 Å². The van der Waals surface area contributed by atoms with Crippen molar-refractivity contribution in [2.75, 3.05) is 5.06 Å². The Morgan fingerprint density at radius 3 is 1.77 bits per heavy atom. The second-order valence-corrected chi connectivity index (χ2v) is 4.90. The van der Waals surface area contributed by atoms with Crippen LogP contribution in [-0.4, -0.2) is 11.1 Å². The number of carbonyl (C=O) groups is 1. The Labute approximate surface area is 129 Å². The van der Waals surface area contributed by atoms with Crippen molar-refractivity contribution in [1.82, 2.24) is 0 Å². The van der Waals surface area contributed by atoms with Crippen molar-refractivity contribution in [3.63, 3.8) is 0 Å². The molecule has 0 unspecified atom stereocenters. The van der Waals surface area contributed by atoms with E-state index in [9.17, 15) is 10.0 Å². The Balaban J connectivity index is 1.82. The fourth-order valence-electron chi connectivity index (χ4n) is 2.25. The summed E-state index contributed by atoms with van der Waals surface area (Å²) >= 11 is 0. The Morgan fingerprint density at radius 2 is 1.18 bits per heavy atom. The molecule has 22 heavy (non-hydrogen) atoms. The first kappa shape index (κ1) is 14.0. The molecule has 1 N–H and O–H groups in total. The van der Waals surface area contributed by atoms with E-state index in [0.29, 0.717) is 16.3 Å². The molecule has 0 bridgehead atoms. The zero-order valence-corrected chi connectivity index (χ0v) is 11.9. The summed E-state index contributed by atoms with van der Waals surface area (Å²) in [5.74, 6) is -0.451. The summed E-state index contributed by atoms with van der Waals surface area (Å²) in [4.78, 5) is 12.2. The average Bonchev–Trinajstić information content (AvgIpc) is 2.62. The summed E-state index contributed by atoms with van der Waals surface area (Å²) in [6.07, 6.45) is 0. The summed E-state index contributed by atoms with van der Waals surface area (Å²) in [5, 5.41) is 10.8. The quantitative estimate of drug-likeness (QED) is 0.574. The van der Waals surface area contributed by atoms with Gasteiger partial charge in [0.05, 0.1) is 5.69 Å². The molecule has 0 heterocycles. The van der Waals surface area contributed by atoms with Crippen LogP contribution < -0.4 is 5.06 Å². The van der Waals surface area contributed by atoms with E-state index in [-0.39, 0.29) is 0 Å². The lowest BCUT2D eigenvalue weighted by Gasteiger charge is -2.15. The summed E-state index contributed by atoms with van der Waals surface area (Å²) in [7, 11) is 0. The van der Waals surface area contributed by atoms with Crippen LogP contribution in [0.2, 0.25) is 0 Å². The minimum atomic E-state index is -0.451. The first-order valence-electron chi connectivity index (χ1n) is 6.99. The van der Waals surface area contributed by atoms with E-state index in [1.807, 2.05) is 48.5 Å². The number of hydroxylamine groups is 1. The maximum atomic E-state index is 12.2. The van der Waals surface area contributed by atoms with Gasteiger partial charge in [0, 0.05) is 5.56 Å². The number of hydrogen-bond donors (Lipinski definition) is 1. The lowest BCUT2D eigenvalue weighted by molar-refractivity contribution is 0.0855. The van der Waals surface area contributed by atoms with E-state index in [1.165, 1.54) is 0 Å². The molecule has 3 nitrogen and oxygen atoms in total. The minimum Gasteiger partial charge on any atom is -0.281 e. The van der Waals surface area contributed by atoms with Crippen LogP contribution in [0.4, 0.5) is 5.69 Å². The third-order valence-electron chi connectivity index (χ3n) is 3.43. The molecule has 0 aliphatic rings. The predicted octanol–water partition coefficient (Wildman–Crippen LogP) is 4.39. The predicted molar refractivity (Wildman–Crippen MR) is 86.9 cm³/mol. The van der Waals surface area contributed by atoms with Gasteiger partial charge in [-0.15, -0.1) is 0 Å². The van der Waals surface area contributed by atoms with E-state index < -0.39 is 5.91 Å². The first-order chi connectivity index (χ1) is 10.8. The average molecular weight is 289 g/mol. The molecule has 0 aromatic heterocycles. The highest BCUT2D eigenvalue weighted by Gasteiger charge is 2.15. The Bertz CT molecular complexity index is 752. The van der Waals surface area contributed by atoms with Gasteiger partial charge < -0.3 is 0 Å². The molecular weight excluding hydrogens is 274 g/mol. The third-order valence-corrected chi connectivity index (χ3v) is 3.43. The van der Waals surface area contributed by atoms with E-state index in [0.717, 1.165) is 11.1 Å². The molecule has 0 aliphatic carbocycles. The fourth-order valence-corrected chi connectivity index (χ4v) is 2.25. The lowest BCUT2D eigenvalue weighted by atomic mass is 10.1. The molecule has 0 radical (unpaired) electrons. The number of hydrogen-bond acceptors (Lipinski definition) is 2. The zero-order valence-electron chi connectivity index (χ0n) is 11.9. The summed E-state index contributed by atoms with van der Waals surface area (Å²) in [5.41, 5.74) is 3.00. The maximum Gasteiger partial charge on any atom is 0.281 e. The Kier molecular flexibility index (Phi) is 3.99. The standard InChI is InChI=1S/C19H15NO2/c21-19(17-9-5-2-6-10-17)20(22)18-13-11-16(12-14-18)15-7-3-1-4-8-15/h1-14,22H. The first-order valence-corrected chi connectivity index (χ1v) is 6.99. The van der Waals surface area contributed by atoms with Crippen molar-refractivity contribution in [1.29, 1.82) is 0 Å². The highest BCUT2D eigenvalue weighted by Crippen LogP contribution is 2.23. The molecule has 0 atom stereocenters. The summed E-state index contributed by atoms with van der Waals surface area (Å²) in [6, 6.07) is 25.8. The van der Waals surface area contributed by atoms with Crippen LogP contribution in [0.15, 0.2) is 84.9 Å². The number of nitrogens with zero attached hydrogens (tertiary/aromatic N) is 1. The molecule has 3 aromatic carbocycles. The van der Waals surface area contributed by atoms with Crippen molar-refractivity contribution in [2.24, 2.45) is 0 Å². The number of anilines is 1. The van der Waals surface area contributed by atoms with Crippen molar-refractivity contribution in [2.45, 2.75) is 0 Å². The molecule has 0 aliphatic heterocycles. The molecule has 0 saturated heterocycles. The number of benzene rings is 3. The van der Waals surface area contributed by atoms with Crippen LogP contribution in [0.25, 0.3) is 11.1 Å². The van der Waals surface area contributed by atoms with Gasteiger partial charge >= 0.3 is 0 Å². The van der Waals surface area contributed by atoms with Crippen LogP contribution in [0.1, 0.15) is 10.4 Å². The second-order valence-electron chi connectivity index (χ2n) is 4.90. The van der Waals surface area contributed by atoms with Gasteiger partial charge in [-0.05, 0) is 35.4 Å². The normalized spacial score (nSPS) is 10.2. The monoisotopic (exact) mass is 289 g/mol. The molecule has 0 saturated carbocycles. The van der Waals surface area contributed by atoms with Crippen molar-refractivity contribution < 1.29 is 10.0 Å². The van der Waals surface area contributed by atoms with Crippen LogP contribution in [0.5, 0.6) is 0 Å². The van der Waals surface area contributed by atoms with Crippen molar-refractivity contribution in [3.05, 3.63) is 90.5 Å². The number of carbonyl (C=O) groups excluding carboxylic acids is 1. The Morgan fingerprint density at radius 1 is 0.682 bits per heavy atom. The van der Waals surface area contributed by atoms with Crippen LogP contribution in [-0.2, 0) is 0 Å². The third kappa shape index (κ3) is 2.90. The van der Waals surface area contributed by atoms with Gasteiger partial charge in [0.15, 0.2) is 0 Å². The van der Waals surface area contributed by atoms with E-state index in [4.69, 9.17) is 0 Å². The SMILES string of the molecule is O=C(c1ccccc1)N(O)c1ccc(-c2ccccc2)cc1. The lowest BCUT2D eigenvalue weighted by Crippen LogP contribution is -2.26. The van der Waals surface area contributed by atoms with E-state index >= 15 is 0 Å². The minimum absolute atomic E-state index is 0.438. The zero-order chi connectivity index (χ0) is 15.4. The molecule has 0 spiro atoms. The van der Waals surface area contributed by atoms with Crippen molar-refractivity contribution >= 4 is 11.6 Å². The van der Waals surface area contributed by atoms with Gasteiger partial charge in [0.25, 0.3) is 5.91 Å². The maximum absolute atomic E-state index is 12.2. The van der Waals surface area contributed by atoms with E-state index in [1.54, 1.807) is 36.4 Å². The molecule has 1 amide bonds. The smallest absolute Gasteiger partial charge is 0.281 e. The van der Waals surface area contributed by atoms with Crippen LogP contribution >= 0.6 is 0 Å². The topological polar surface area (TPSA) is 40.5 Å². The fraction of sp³-hybridized carbons (Fsp3) is 0. The van der Waals surface area contributed by atoms with Crippen LogP contribution in [0.3, 0.4) is 0 Å². The number of rotatable bonds is 3. The largest absolute Gasteiger partial charge is 0.281 e. The second kappa shape index (κ2) is 6.24. The van der Waals surface area contributed by atoms with Gasteiger partial charge in [-0.25, -0.2) is 0 Å². The molecule has 0 fully saturated rings. The molecule has 108 valence electrons. The molecule has 3 heteroatoms. The van der Waals surface area contributed by atoms with Gasteiger partial charge in [-0.2, -0.15) is 5.06 Å². The number of amides is 1. The molecule has 3 rings (SSSR count). The Hall–Kier alpha value is -2.91. The van der Waals surface area contributed by atoms with Crippen molar-refractivity contribution in [3.8, 4) is 11.1 Å². The highest BCUT2D eigenvalue weighted by molar-refractivity contribution is 6.04. The molecule has 3 aromatic rings. The highest BCUT2D eigenvalue weighted by atomic mass is 16.5. The summed E-state index contributed by atoms with van der Waals surface area (Å²) in [6.45, 7) is 0. The van der Waals surface area contributed by atoms with E-state index in [2.05, 4.69) is 0 Å². The van der Waals surface area contributed by atoms with Crippen LogP contribution in [0, 0.1) is 0 Å². The van der Waals surface area contributed by atoms with Gasteiger partial charge in [-0.1, -0.05) is 60.7 Å². The molecular formula is C19H15NO2. The summed E-state index contributed by atoms with van der Waals surface area (Å²) < 4.78 is 0.